The second-order valence-corrected chi connectivity index (χ2v) is 8.88. The van der Waals surface area contributed by atoms with E-state index in [-0.39, 0.29) is 5.91 Å². The number of nitrogens with one attached hydrogen (secondary N) is 1. The van der Waals surface area contributed by atoms with Gasteiger partial charge in [0.2, 0.25) is 0 Å². The lowest BCUT2D eigenvalue weighted by atomic mass is 10.1. The minimum Gasteiger partial charge on any atom is -0.351 e. The number of aryl methyl sites for hydroxylation is 2. The predicted molar refractivity (Wildman–Crippen MR) is 135 cm³/mol. The molecule has 0 aliphatic carbocycles. The predicted octanol–water partition coefficient (Wildman–Crippen LogP) is 5.94. The smallest absolute Gasteiger partial charge is 0.267 e. The summed E-state index contributed by atoms with van der Waals surface area (Å²) in [6, 6.07) is 26.6. The minimum absolute atomic E-state index is 0.0437. The molecule has 0 atom stereocenters. The lowest BCUT2D eigenvalue weighted by Crippen LogP contribution is -2.27. The van der Waals surface area contributed by atoms with Gasteiger partial charge in [0, 0.05) is 18.5 Å². The van der Waals surface area contributed by atoms with Crippen molar-refractivity contribution in [1.29, 1.82) is 0 Å². The maximum atomic E-state index is 13.2. The standard InChI is InChI=1S/C27H26N4OS/c1-2-30-23(26(32)28-17-9-13-20-11-5-3-6-12-20)19-22-25(24-16-10-18-33-24)29-31(27(22)30)21-14-7-4-8-15-21/h3-8,10-12,14-16,18-19H,2,9,13,17H2,1H3,(H,28,32). The van der Waals surface area contributed by atoms with Crippen molar-refractivity contribution in [2.24, 2.45) is 0 Å². The molecule has 0 spiro atoms. The molecule has 2 aromatic carbocycles. The molecule has 0 aliphatic heterocycles. The number of fused-ring (bicyclic) bond motifs is 1. The van der Waals surface area contributed by atoms with Crippen molar-refractivity contribution in [1.82, 2.24) is 19.7 Å². The monoisotopic (exact) mass is 454 g/mol. The van der Waals surface area contributed by atoms with Gasteiger partial charge in [-0.2, -0.15) is 5.10 Å². The van der Waals surface area contributed by atoms with Crippen LogP contribution >= 0.6 is 11.3 Å². The molecule has 6 heteroatoms. The van der Waals surface area contributed by atoms with Crippen LogP contribution in [0, 0.1) is 0 Å². The third-order valence-electron chi connectivity index (χ3n) is 5.80. The van der Waals surface area contributed by atoms with E-state index in [1.807, 2.05) is 53.2 Å². The molecular weight excluding hydrogens is 428 g/mol. The van der Waals surface area contributed by atoms with Gasteiger partial charge in [-0.25, -0.2) is 4.68 Å². The number of rotatable bonds is 8. The van der Waals surface area contributed by atoms with E-state index >= 15 is 0 Å². The van der Waals surface area contributed by atoms with Crippen LogP contribution in [-0.4, -0.2) is 26.8 Å². The highest BCUT2D eigenvalue weighted by Crippen LogP contribution is 2.34. The topological polar surface area (TPSA) is 51.9 Å². The summed E-state index contributed by atoms with van der Waals surface area (Å²) in [5.41, 5.74) is 4.80. The highest BCUT2D eigenvalue weighted by atomic mass is 32.1. The average Bonchev–Trinajstić information content (AvgIpc) is 3.59. The van der Waals surface area contributed by atoms with Gasteiger partial charge in [0.05, 0.1) is 10.6 Å². The first kappa shape index (κ1) is 21.2. The Labute approximate surface area is 197 Å². The third-order valence-corrected chi connectivity index (χ3v) is 6.68. The van der Waals surface area contributed by atoms with Gasteiger partial charge < -0.3 is 9.88 Å². The molecule has 0 saturated heterocycles. The molecule has 3 heterocycles. The van der Waals surface area contributed by atoms with Crippen molar-refractivity contribution < 1.29 is 4.79 Å². The van der Waals surface area contributed by atoms with Crippen LogP contribution in [0.3, 0.4) is 0 Å². The summed E-state index contributed by atoms with van der Waals surface area (Å²) < 4.78 is 4.03. The van der Waals surface area contributed by atoms with Crippen molar-refractivity contribution in [3.63, 3.8) is 0 Å². The van der Waals surface area contributed by atoms with Crippen molar-refractivity contribution in [3.8, 4) is 16.3 Å². The van der Waals surface area contributed by atoms with E-state index in [1.54, 1.807) is 11.3 Å². The quantitative estimate of drug-likeness (QED) is 0.295. The second-order valence-electron chi connectivity index (χ2n) is 7.93. The fourth-order valence-corrected chi connectivity index (χ4v) is 4.95. The van der Waals surface area contributed by atoms with Crippen LogP contribution in [0.15, 0.2) is 84.2 Å². The fourth-order valence-electron chi connectivity index (χ4n) is 4.23. The van der Waals surface area contributed by atoms with Crippen LogP contribution in [0.2, 0.25) is 0 Å². The van der Waals surface area contributed by atoms with Gasteiger partial charge in [0.15, 0.2) is 0 Å². The molecule has 5 nitrogen and oxygen atoms in total. The Kier molecular flexibility index (Phi) is 6.09. The Hall–Kier alpha value is -3.64. The summed E-state index contributed by atoms with van der Waals surface area (Å²) in [5.74, 6) is -0.0437. The molecule has 33 heavy (non-hydrogen) atoms. The molecule has 3 aromatic heterocycles. The SMILES string of the molecule is CCn1c(C(=O)NCCCc2ccccc2)cc2c(-c3cccs3)nn(-c3ccccc3)c21. The van der Waals surface area contributed by atoms with E-state index in [4.69, 9.17) is 5.10 Å². The summed E-state index contributed by atoms with van der Waals surface area (Å²) in [4.78, 5) is 14.3. The van der Waals surface area contributed by atoms with Gasteiger partial charge in [0.1, 0.15) is 17.0 Å². The maximum Gasteiger partial charge on any atom is 0.267 e. The lowest BCUT2D eigenvalue weighted by molar-refractivity contribution is 0.0944. The second kappa shape index (κ2) is 9.46. The van der Waals surface area contributed by atoms with Gasteiger partial charge in [0.25, 0.3) is 5.91 Å². The minimum atomic E-state index is -0.0437. The summed E-state index contributed by atoms with van der Waals surface area (Å²) >= 11 is 1.66. The van der Waals surface area contributed by atoms with Crippen molar-refractivity contribution in [2.75, 3.05) is 6.54 Å². The zero-order chi connectivity index (χ0) is 22.6. The van der Waals surface area contributed by atoms with Crippen LogP contribution in [0.5, 0.6) is 0 Å². The number of carbonyl (C=O) groups excluding carboxylic acids is 1. The van der Waals surface area contributed by atoms with Crippen LogP contribution in [0.1, 0.15) is 29.4 Å². The highest BCUT2D eigenvalue weighted by Gasteiger charge is 2.23. The summed E-state index contributed by atoms with van der Waals surface area (Å²) in [7, 11) is 0. The molecule has 0 aliphatic rings. The number of aromatic nitrogens is 3. The Bertz CT molecular complexity index is 1350. The largest absolute Gasteiger partial charge is 0.351 e. The first-order chi connectivity index (χ1) is 16.3. The van der Waals surface area contributed by atoms with Crippen molar-refractivity contribution in [2.45, 2.75) is 26.3 Å². The first-order valence-electron chi connectivity index (χ1n) is 11.3. The van der Waals surface area contributed by atoms with Crippen LogP contribution in [-0.2, 0) is 13.0 Å². The Morgan fingerprint density at radius 3 is 2.45 bits per heavy atom. The summed E-state index contributed by atoms with van der Waals surface area (Å²) in [5, 5.41) is 11.1. The van der Waals surface area contributed by atoms with E-state index in [2.05, 4.69) is 52.5 Å². The van der Waals surface area contributed by atoms with Gasteiger partial charge in [-0.05, 0) is 55.0 Å². The van der Waals surface area contributed by atoms with E-state index in [0.717, 1.165) is 40.1 Å². The van der Waals surface area contributed by atoms with Crippen molar-refractivity contribution in [3.05, 3.63) is 95.5 Å². The van der Waals surface area contributed by atoms with Gasteiger partial charge in [-0.1, -0.05) is 54.6 Å². The molecule has 1 N–H and O–H groups in total. The first-order valence-corrected chi connectivity index (χ1v) is 12.2. The zero-order valence-corrected chi connectivity index (χ0v) is 19.4. The van der Waals surface area contributed by atoms with Crippen LogP contribution in [0.4, 0.5) is 0 Å². The van der Waals surface area contributed by atoms with Gasteiger partial charge >= 0.3 is 0 Å². The average molecular weight is 455 g/mol. The molecular formula is C27H26N4OS. The van der Waals surface area contributed by atoms with Gasteiger partial charge in [-0.3, -0.25) is 4.79 Å². The number of para-hydroxylation sites is 1. The lowest BCUT2D eigenvalue weighted by Gasteiger charge is -2.11. The number of carbonyl (C=O) groups is 1. The molecule has 0 bridgehead atoms. The number of hydrogen-bond donors (Lipinski definition) is 1. The molecule has 0 unspecified atom stereocenters. The summed E-state index contributed by atoms with van der Waals surface area (Å²) in [6.07, 6.45) is 1.85. The maximum absolute atomic E-state index is 13.2. The van der Waals surface area contributed by atoms with E-state index in [0.29, 0.717) is 18.8 Å². The summed E-state index contributed by atoms with van der Waals surface area (Å²) in [6.45, 7) is 3.39. The molecule has 1 amide bonds. The molecule has 0 saturated carbocycles. The number of benzene rings is 2. The van der Waals surface area contributed by atoms with Crippen molar-refractivity contribution >= 4 is 28.3 Å². The van der Waals surface area contributed by atoms with E-state index < -0.39 is 0 Å². The Morgan fingerprint density at radius 2 is 1.76 bits per heavy atom. The number of nitrogens with zero attached hydrogens (tertiary/aromatic N) is 3. The molecule has 166 valence electrons. The van der Waals surface area contributed by atoms with Crippen LogP contribution in [0.25, 0.3) is 27.3 Å². The molecule has 0 radical (unpaired) electrons. The zero-order valence-electron chi connectivity index (χ0n) is 18.6. The molecule has 0 fully saturated rings. The Balaban J connectivity index is 1.47. The number of hydrogen-bond acceptors (Lipinski definition) is 3. The Morgan fingerprint density at radius 1 is 1.00 bits per heavy atom. The molecule has 5 rings (SSSR count). The third kappa shape index (κ3) is 4.22. The van der Waals surface area contributed by atoms with E-state index in [9.17, 15) is 4.79 Å². The normalized spacial score (nSPS) is 11.2. The molecule has 5 aromatic rings. The van der Waals surface area contributed by atoms with Gasteiger partial charge in [-0.15, -0.1) is 11.3 Å². The van der Waals surface area contributed by atoms with Crippen LogP contribution < -0.4 is 5.32 Å². The number of amides is 1. The number of thiophene rings is 1. The highest BCUT2D eigenvalue weighted by molar-refractivity contribution is 7.13. The van der Waals surface area contributed by atoms with E-state index in [1.165, 1.54) is 5.56 Å². The fraction of sp³-hybridized carbons (Fsp3) is 0.185.